The first-order valence-electron chi connectivity index (χ1n) is 5.95. The minimum Gasteiger partial charge on any atom is -0.399 e. The zero-order chi connectivity index (χ0) is 13.5. The maximum Gasteiger partial charge on any atom is 0.244 e. The van der Waals surface area contributed by atoms with E-state index in [9.17, 15) is 4.79 Å². The average molecular weight is 253 g/mol. The molecule has 0 saturated heterocycles. The summed E-state index contributed by atoms with van der Waals surface area (Å²) in [6, 6.07) is 16.8. The van der Waals surface area contributed by atoms with E-state index in [1.54, 1.807) is 18.3 Å². The van der Waals surface area contributed by atoms with Gasteiger partial charge in [0.2, 0.25) is 5.91 Å². The fraction of sp³-hybridized carbons (Fsp3) is 0.0667. The predicted molar refractivity (Wildman–Crippen MR) is 76.7 cm³/mol. The Kier molecular flexibility index (Phi) is 4.29. The van der Waals surface area contributed by atoms with E-state index < -0.39 is 0 Å². The number of nitrogens with zero attached hydrogens (tertiary/aromatic N) is 1. The third-order valence-corrected chi connectivity index (χ3v) is 2.55. The molecule has 2 aromatic carbocycles. The second-order valence-corrected chi connectivity index (χ2v) is 4.12. The second kappa shape index (κ2) is 6.35. The van der Waals surface area contributed by atoms with E-state index in [2.05, 4.69) is 10.5 Å². The van der Waals surface area contributed by atoms with Crippen molar-refractivity contribution < 1.29 is 4.79 Å². The van der Waals surface area contributed by atoms with Crippen molar-refractivity contribution in [1.82, 2.24) is 5.43 Å². The Labute approximate surface area is 112 Å². The van der Waals surface area contributed by atoms with Crippen molar-refractivity contribution >= 4 is 17.8 Å². The van der Waals surface area contributed by atoms with E-state index in [1.807, 2.05) is 42.5 Å². The standard InChI is InChI=1S/C15H15N3O/c16-14-8-6-13(7-9-14)11-17-18-15(19)10-12-4-2-1-3-5-12/h1-9,11H,10,16H2,(H,18,19). The van der Waals surface area contributed by atoms with Crippen LogP contribution in [0.5, 0.6) is 0 Å². The molecule has 0 bridgehead atoms. The molecule has 4 heteroatoms. The maximum absolute atomic E-state index is 11.6. The summed E-state index contributed by atoms with van der Waals surface area (Å²) in [6.45, 7) is 0. The number of hydrazone groups is 1. The normalized spacial score (nSPS) is 10.5. The van der Waals surface area contributed by atoms with Crippen LogP contribution < -0.4 is 11.2 Å². The van der Waals surface area contributed by atoms with Crippen LogP contribution in [0.3, 0.4) is 0 Å². The first-order chi connectivity index (χ1) is 9.24. The highest BCUT2D eigenvalue weighted by Gasteiger charge is 2.00. The number of nitrogens with one attached hydrogen (secondary N) is 1. The lowest BCUT2D eigenvalue weighted by Gasteiger charge is -2.00. The van der Waals surface area contributed by atoms with Gasteiger partial charge in [-0.25, -0.2) is 5.43 Å². The number of hydrogen-bond donors (Lipinski definition) is 2. The lowest BCUT2D eigenvalue weighted by atomic mass is 10.1. The molecule has 96 valence electrons. The Morgan fingerprint density at radius 2 is 1.79 bits per heavy atom. The highest BCUT2D eigenvalue weighted by Crippen LogP contribution is 2.03. The van der Waals surface area contributed by atoms with Crippen molar-refractivity contribution in [3.05, 3.63) is 65.7 Å². The Bertz CT molecular complexity index is 562. The number of hydrogen-bond acceptors (Lipinski definition) is 3. The molecule has 0 aromatic heterocycles. The van der Waals surface area contributed by atoms with E-state index >= 15 is 0 Å². The number of nitrogens with two attached hydrogens (primary N) is 1. The van der Waals surface area contributed by atoms with Gasteiger partial charge in [0.15, 0.2) is 0 Å². The number of carbonyl (C=O) groups is 1. The van der Waals surface area contributed by atoms with Crippen LogP contribution >= 0.6 is 0 Å². The summed E-state index contributed by atoms with van der Waals surface area (Å²) < 4.78 is 0. The molecule has 19 heavy (non-hydrogen) atoms. The molecular formula is C15H15N3O. The lowest BCUT2D eigenvalue weighted by molar-refractivity contribution is -0.120. The molecule has 0 spiro atoms. The van der Waals surface area contributed by atoms with Crippen molar-refractivity contribution in [2.24, 2.45) is 5.10 Å². The van der Waals surface area contributed by atoms with Gasteiger partial charge in [-0.15, -0.1) is 0 Å². The number of anilines is 1. The zero-order valence-electron chi connectivity index (χ0n) is 10.4. The number of amides is 1. The van der Waals surface area contributed by atoms with Crippen molar-refractivity contribution in [3.8, 4) is 0 Å². The molecule has 0 unspecified atom stereocenters. The molecule has 0 heterocycles. The third-order valence-electron chi connectivity index (χ3n) is 2.55. The minimum absolute atomic E-state index is 0.141. The average Bonchev–Trinajstić information content (AvgIpc) is 2.42. The first-order valence-corrected chi connectivity index (χ1v) is 5.95. The molecule has 2 rings (SSSR count). The predicted octanol–water partition coefficient (Wildman–Crippen LogP) is 1.96. The van der Waals surface area contributed by atoms with Crippen LogP contribution in [0.4, 0.5) is 5.69 Å². The van der Waals surface area contributed by atoms with Gasteiger partial charge in [-0.3, -0.25) is 4.79 Å². The molecule has 0 saturated carbocycles. The Morgan fingerprint density at radius 1 is 1.11 bits per heavy atom. The van der Waals surface area contributed by atoms with E-state index in [-0.39, 0.29) is 5.91 Å². The molecule has 3 N–H and O–H groups in total. The molecule has 0 radical (unpaired) electrons. The summed E-state index contributed by atoms with van der Waals surface area (Å²) in [5, 5.41) is 3.90. The van der Waals surface area contributed by atoms with Gasteiger partial charge in [0, 0.05) is 5.69 Å². The molecule has 0 fully saturated rings. The molecule has 0 aliphatic heterocycles. The monoisotopic (exact) mass is 253 g/mol. The smallest absolute Gasteiger partial charge is 0.244 e. The van der Waals surface area contributed by atoms with Gasteiger partial charge >= 0.3 is 0 Å². The summed E-state index contributed by atoms with van der Waals surface area (Å²) in [6.07, 6.45) is 1.91. The van der Waals surface area contributed by atoms with Gasteiger partial charge in [0.25, 0.3) is 0 Å². The van der Waals surface area contributed by atoms with E-state index in [0.29, 0.717) is 12.1 Å². The summed E-state index contributed by atoms with van der Waals surface area (Å²) in [5.41, 5.74) is 10.6. The number of carbonyl (C=O) groups excluding carboxylic acids is 1. The van der Waals surface area contributed by atoms with Crippen molar-refractivity contribution in [3.63, 3.8) is 0 Å². The molecular weight excluding hydrogens is 238 g/mol. The third kappa shape index (κ3) is 4.27. The molecule has 2 aromatic rings. The highest BCUT2D eigenvalue weighted by molar-refractivity contribution is 5.83. The van der Waals surface area contributed by atoms with Gasteiger partial charge in [-0.05, 0) is 23.3 Å². The van der Waals surface area contributed by atoms with Gasteiger partial charge < -0.3 is 5.73 Å². The first kappa shape index (κ1) is 12.8. The van der Waals surface area contributed by atoms with Crippen LogP contribution in [0, 0.1) is 0 Å². The zero-order valence-corrected chi connectivity index (χ0v) is 10.4. The van der Waals surface area contributed by atoms with Crippen molar-refractivity contribution in [2.75, 3.05) is 5.73 Å². The summed E-state index contributed by atoms with van der Waals surface area (Å²) >= 11 is 0. The van der Waals surface area contributed by atoms with Crippen LogP contribution in [0.15, 0.2) is 59.7 Å². The molecule has 4 nitrogen and oxygen atoms in total. The number of benzene rings is 2. The largest absolute Gasteiger partial charge is 0.399 e. The summed E-state index contributed by atoms with van der Waals surface area (Å²) in [7, 11) is 0. The lowest BCUT2D eigenvalue weighted by Crippen LogP contribution is -2.19. The number of rotatable bonds is 4. The Hall–Kier alpha value is -2.62. The highest BCUT2D eigenvalue weighted by atomic mass is 16.2. The van der Waals surface area contributed by atoms with Crippen LogP contribution in [0.2, 0.25) is 0 Å². The minimum atomic E-state index is -0.141. The van der Waals surface area contributed by atoms with Crippen LogP contribution in [-0.4, -0.2) is 12.1 Å². The van der Waals surface area contributed by atoms with Gasteiger partial charge in [-0.1, -0.05) is 42.5 Å². The SMILES string of the molecule is Nc1ccc(C=NNC(=O)Cc2ccccc2)cc1. The van der Waals surface area contributed by atoms with Gasteiger partial charge in [0.1, 0.15) is 0 Å². The molecule has 0 aliphatic carbocycles. The molecule has 0 atom stereocenters. The Morgan fingerprint density at radius 3 is 2.47 bits per heavy atom. The quantitative estimate of drug-likeness (QED) is 0.497. The van der Waals surface area contributed by atoms with Crippen molar-refractivity contribution in [2.45, 2.75) is 6.42 Å². The van der Waals surface area contributed by atoms with E-state index in [4.69, 9.17) is 5.73 Å². The fourth-order valence-electron chi connectivity index (χ4n) is 1.58. The van der Waals surface area contributed by atoms with Crippen LogP contribution in [-0.2, 0) is 11.2 Å². The fourth-order valence-corrected chi connectivity index (χ4v) is 1.58. The van der Waals surface area contributed by atoms with Crippen molar-refractivity contribution in [1.29, 1.82) is 0 Å². The second-order valence-electron chi connectivity index (χ2n) is 4.12. The van der Waals surface area contributed by atoms with Gasteiger partial charge in [-0.2, -0.15) is 5.10 Å². The summed E-state index contributed by atoms with van der Waals surface area (Å²) in [4.78, 5) is 11.6. The van der Waals surface area contributed by atoms with E-state index in [0.717, 1.165) is 11.1 Å². The van der Waals surface area contributed by atoms with Gasteiger partial charge in [0.05, 0.1) is 12.6 Å². The summed E-state index contributed by atoms with van der Waals surface area (Å²) in [5.74, 6) is -0.141. The Balaban J connectivity index is 1.85. The van der Waals surface area contributed by atoms with E-state index in [1.165, 1.54) is 0 Å². The number of nitrogen functional groups attached to an aromatic ring is 1. The molecule has 1 amide bonds. The topological polar surface area (TPSA) is 67.5 Å². The van der Waals surface area contributed by atoms with Crippen LogP contribution in [0.1, 0.15) is 11.1 Å². The molecule has 0 aliphatic rings. The maximum atomic E-state index is 11.6. The van der Waals surface area contributed by atoms with Crippen LogP contribution in [0.25, 0.3) is 0 Å².